The molecule has 0 spiro atoms. The molecule has 5 nitrogen and oxygen atoms in total. The summed E-state index contributed by atoms with van der Waals surface area (Å²) in [6.07, 6.45) is 0. The molecule has 0 aliphatic heterocycles. The molecule has 0 aliphatic carbocycles. The normalized spacial score (nSPS) is 10.2. The van der Waals surface area contributed by atoms with Crippen LogP contribution < -0.4 is 5.32 Å². The van der Waals surface area contributed by atoms with E-state index in [0.29, 0.717) is 4.47 Å². The minimum absolute atomic E-state index is 0.107. The zero-order chi connectivity index (χ0) is 15.6. The molecule has 0 atom stereocenters. The predicted molar refractivity (Wildman–Crippen MR) is 77.1 cm³/mol. The van der Waals surface area contributed by atoms with Crippen molar-refractivity contribution in [1.29, 1.82) is 0 Å². The van der Waals surface area contributed by atoms with Gasteiger partial charge < -0.3 is 15.5 Å². The Kier molecular flexibility index (Phi) is 4.23. The number of phenolic OH excluding ortho intramolecular Hbond substituents is 1. The highest BCUT2D eigenvalue weighted by molar-refractivity contribution is 9.10. The van der Waals surface area contributed by atoms with E-state index >= 15 is 0 Å². The van der Waals surface area contributed by atoms with Gasteiger partial charge in [0.25, 0.3) is 5.91 Å². The molecule has 108 valence electrons. The zero-order valence-corrected chi connectivity index (χ0v) is 12.0. The zero-order valence-electron chi connectivity index (χ0n) is 10.4. The van der Waals surface area contributed by atoms with Gasteiger partial charge in [-0.05, 0) is 52.3 Å². The summed E-state index contributed by atoms with van der Waals surface area (Å²) in [5.41, 5.74) is -0.288. The third kappa shape index (κ3) is 3.38. The summed E-state index contributed by atoms with van der Waals surface area (Å²) < 4.78 is 14.0. The molecule has 0 aliphatic rings. The fraction of sp³-hybridized carbons (Fsp3) is 0. The highest BCUT2D eigenvalue weighted by Crippen LogP contribution is 2.25. The molecule has 0 heterocycles. The Hall–Kier alpha value is -2.41. The van der Waals surface area contributed by atoms with Crippen LogP contribution in [0.3, 0.4) is 0 Å². The molecule has 2 rings (SSSR count). The average Bonchev–Trinajstić information content (AvgIpc) is 2.43. The summed E-state index contributed by atoms with van der Waals surface area (Å²) in [5.74, 6) is -2.79. The number of amides is 1. The maximum atomic E-state index is 13.6. The van der Waals surface area contributed by atoms with Gasteiger partial charge in [-0.2, -0.15) is 0 Å². The van der Waals surface area contributed by atoms with Crippen molar-refractivity contribution in [3.63, 3.8) is 0 Å². The minimum atomic E-state index is -1.23. The number of nitrogens with one attached hydrogen (secondary N) is 1. The van der Waals surface area contributed by atoms with Gasteiger partial charge in [0.15, 0.2) is 0 Å². The Morgan fingerprint density at radius 2 is 1.76 bits per heavy atom. The monoisotopic (exact) mass is 353 g/mol. The van der Waals surface area contributed by atoms with Crippen LogP contribution in [0.15, 0.2) is 40.9 Å². The molecule has 7 heteroatoms. The van der Waals surface area contributed by atoms with Crippen molar-refractivity contribution in [2.24, 2.45) is 0 Å². The van der Waals surface area contributed by atoms with E-state index in [1.165, 1.54) is 18.2 Å². The van der Waals surface area contributed by atoms with Crippen molar-refractivity contribution in [3.8, 4) is 5.75 Å². The van der Waals surface area contributed by atoms with Crippen LogP contribution in [0.4, 0.5) is 10.1 Å². The molecular formula is C14H9BrFNO4. The van der Waals surface area contributed by atoms with Gasteiger partial charge in [0, 0.05) is 5.56 Å². The summed E-state index contributed by atoms with van der Waals surface area (Å²) in [6, 6.07) is 7.18. The Bertz CT molecular complexity index is 733. The van der Waals surface area contributed by atoms with Gasteiger partial charge in [-0.15, -0.1) is 0 Å². The standard InChI is InChI=1S/C14H9BrFNO4/c15-9-3-1-7(6-12(9)18)13(19)17-11-5-8(14(20)21)2-4-10(11)16/h1-6,18H,(H,17,19)(H,20,21). The summed E-state index contributed by atoms with van der Waals surface area (Å²) in [5, 5.41) is 20.6. The summed E-state index contributed by atoms with van der Waals surface area (Å²) in [4.78, 5) is 22.8. The number of anilines is 1. The number of benzene rings is 2. The molecule has 3 N–H and O–H groups in total. The van der Waals surface area contributed by atoms with E-state index in [1.807, 2.05) is 0 Å². The van der Waals surface area contributed by atoms with Gasteiger partial charge >= 0.3 is 5.97 Å². The maximum absolute atomic E-state index is 13.6. The van der Waals surface area contributed by atoms with Gasteiger partial charge in [0.2, 0.25) is 0 Å². The molecule has 0 radical (unpaired) electrons. The molecule has 2 aromatic rings. The third-order valence-corrected chi connectivity index (χ3v) is 3.34. The molecule has 2 aromatic carbocycles. The number of aromatic hydroxyl groups is 1. The number of carboxylic acids is 1. The largest absolute Gasteiger partial charge is 0.507 e. The molecule has 21 heavy (non-hydrogen) atoms. The Morgan fingerprint density at radius 1 is 1.10 bits per heavy atom. The van der Waals surface area contributed by atoms with Gasteiger partial charge in [-0.25, -0.2) is 9.18 Å². The number of hydrogen-bond donors (Lipinski definition) is 3. The molecule has 0 aromatic heterocycles. The molecule has 0 fully saturated rings. The van der Waals surface area contributed by atoms with Crippen LogP contribution >= 0.6 is 15.9 Å². The number of phenols is 1. The van der Waals surface area contributed by atoms with E-state index in [0.717, 1.165) is 18.2 Å². The topological polar surface area (TPSA) is 86.6 Å². The van der Waals surface area contributed by atoms with E-state index in [2.05, 4.69) is 21.2 Å². The van der Waals surface area contributed by atoms with Crippen LogP contribution in [0.5, 0.6) is 5.75 Å². The summed E-state index contributed by atoms with van der Waals surface area (Å²) in [7, 11) is 0. The Labute approximate surface area is 127 Å². The van der Waals surface area contributed by atoms with Crippen molar-refractivity contribution in [1.82, 2.24) is 0 Å². The van der Waals surface area contributed by atoms with Crippen LogP contribution in [0.2, 0.25) is 0 Å². The number of hydrogen-bond acceptors (Lipinski definition) is 3. The predicted octanol–water partition coefficient (Wildman–Crippen LogP) is 3.24. The Balaban J connectivity index is 2.28. The average molecular weight is 354 g/mol. The van der Waals surface area contributed by atoms with Crippen LogP contribution in [-0.4, -0.2) is 22.1 Å². The number of carboxylic acid groups (broad SMARTS) is 1. The minimum Gasteiger partial charge on any atom is -0.507 e. The van der Waals surface area contributed by atoms with Crippen molar-refractivity contribution in [2.75, 3.05) is 5.32 Å². The summed E-state index contributed by atoms with van der Waals surface area (Å²) in [6.45, 7) is 0. The quantitative estimate of drug-likeness (QED) is 0.790. The smallest absolute Gasteiger partial charge is 0.335 e. The number of carbonyl (C=O) groups is 2. The SMILES string of the molecule is O=C(O)c1ccc(F)c(NC(=O)c2ccc(Br)c(O)c2)c1. The number of halogens is 2. The first-order valence-electron chi connectivity index (χ1n) is 5.71. The van der Waals surface area contributed by atoms with Gasteiger partial charge in [-0.1, -0.05) is 0 Å². The highest BCUT2D eigenvalue weighted by Gasteiger charge is 2.13. The Morgan fingerprint density at radius 3 is 2.38 bits per heavy atom. The van der Waals surface area contributed by atoms with Crippen LogP contribution in [0, 0.1) is 5.82 Å². The van der Waals surface area contributed by atoms with Crippen LogP contribution in [0.25, 0.3) is 0 Å². The lowest BCUT2D eigenvalue weighted by Gasteiger charge is -2.08. The lowest BCUT2D eigenvalue weighted by atomic mass is 10.1. The maximum Gasteiger partial charge on any atom is 0.335 e. The van der Waals surface area contributed by atoms with Crippen molar-refractivity contribution in [2.45, 2.75) is 0 Å². The number of aromatic carboxylic acids is 1. The van der Waals surface area contributed by atoms with Crippen LogP contribution in [-0.2, 0) is 0 Å². The molecule has 0 saturated heterocycles. The second kappa shape index (κ2) is 5.92. The third-order valence-electron chi connectivity index (χ3n) is 2.67. The van der Waals surface area contributed by atoms with Crippen molar-refractivity contribution < 1.29 is 24.2 Å². The first-order chi connectivity index (χ1) is 9.88. The van der Waals surface area contributed by atoms with Crippen molar-refractivity contribution >= 4 is 33.5 Å². The molecule has 1 amide bonds. The second-order valence-corrected chi connectivity index (χ2v) is 4.97. The lowest BCUT2D eigenvalue weighted by Crippen LogP contribution is -2.13. The first kappa shape index (κ1) is 15.0. The van der Waals surface area contributed by atoms with Gasteiger partial charge in [0.1, 0.15) is 11.6 Å². The van der Waals surface area contributed by atoms with E-state index in [-0.39, 0.29) is 22.6 Å². The first-order valence-corrected chi connectivity index (χ1v) is 6.50. The fourth-order valence-corrected chi connectivity index (χ4v) is 1.85. The molecule has 0 unspecified atom stereocenters. The number of rotatable bonds is 3. The van der Waals surface area contributed by atoms with Crippen molar-refractivity contribution in [3.05, 3.63) is 57.8 Å². The van der Waals surface area contributed by atoms with E-state index < -0.39 is 17.7 Å². The van der Waals surface area contributed by atoms with E-state index in [4.69, 9.17) is 5.11 Å². The van der Waals surface area contributed by atoms with Gasteiger partial charge in [-0.3, -0.25) is 4.79 Å². The van der Waals surface area contributed by atoms with Crippen LogP contribution in [0.1, 0.15) is 20.7 Å². The lowest BCUT2D eigenvalue weighted by molar-refractivity contribution is 0.0696. The molecular weight excluding hydrogens is 345 g/mol. The second-order valence-electron chi connectivity index (χ2n) is 4.12. The van der Waals surface area contributed by atoms with Gasteiger partial charge in [0.05, 0.1) is 15.7 Å². The highest BCUT2D eigenvalue weighted by atomic mass is 79.9. The summed E-state index contributed by atoms with van der Waals surface area (Å²) >= 11 is 3.08. The molecule has 0 saturated carbocycles. The number of carbonyl (C=O) groups excluding carboxylic acids is 1. The fourth-order valence-electron chi connectivity index (χ4n) is 1.60. The molecule has 0 bridgehead atoms. The van der Waals surface area contributed by atoms with E-state index in [9.17, 15) is 19.1 Å². The van der Waals surface area contributed by atoms with E-state index in [1.54, 1.807) is 0 Å².